The number of nitrogens with two attached hydrogens (primary N) is 1. The minimum atomic E-state index is 0.357. The van der Waals surface area contributed by atoms with E-state index >= 15 is 0 Å². The molecule has 0 aromatic carbocycles. The van der Waals surface area contributed by atoms with Crippen molar-refractivity contribution < 1.29 is 0 Å². The van der Waals surface area contributed by atoms with Crippen molar-refractivity contribution >= 4 is 0 Å². The van der Waals surface area contributed by atoms with Gasteiger partial charge in [0.05, 0.1) is 0 Å². The average molecular weight is 248 g/mol. The highest BCUT2D eigenvalue weighted by molar-refractivity contribution is 5.06. The lowest BCUT2D eigenvalue weighted by Crippen LogP contribution is -2.28. The Labute approximate surface area is 109 Å². The molecule has 0 saturated heterocycles. The van der Waals surface area contributed by atoms with E-state index in [0.29, 0.717) is 17.9 Å². The first kappa shape index (κ1) is 12.2. The van der Waals surface area contributed by atoms with Gasteiger partial charge in [0.15, 0.2) is 5.82 Å². The van der Waals surface area contributed by atoms with Crippen LogP contribution in [-0.4, -0.2) is 20.8 Å². The maximum absolute atomic E-state index is 6.08. The highest BCUT2D eigenvalue weighted by atomic mass is 15.3. The standard InChI is InChI=1S/C14H24N4/c1-18-14(11-7-4-8-12(15)9-11)16-13(17-18)10-5-2-3-6-10/h10-12H,2-9,15H2,1H3. The lowest BCUT2D eigenvalue weighted by atomic mass is 9.85. The topological polar surface area (TPSA) is 56.7 Å². The van der Waals surface area contributed by atoms with Crippen LogP contribution in [0.4, 0.5) is 0 Å². The van der Waals surface area contributed by atoms with Crippen LogP contribution >= 0.6 is 0 Å². The van der Waals surface area contributed by atoms with Crippen molar-refractivity contribution in [2.24, 2.45) is 12.8 Å². The van der Waals surface area contributed by atoms with Crippen LogP contribution in [0.1, 0.15) is 74.9 Å². The van der Waals surface area contributed by atoms with Gasteiger partial charge in [0.1, 0.15) is 5.82 Å². The van der Waals surface area contributed by atoms with Gasteiger partial charge in [-0.1, -0.05) is 19.3 Å². The van der Waals surface area contributed by atoms with Crippen LogP contribution in [-0.2, 0) is 7.05 Å². The maximum atomic E-state index is 6.08. The van der Waals surface area contributed by atoms with Crippen molar-refractivity contribution in [1.29, 1.82) is 0 Å². The van der Waals surface area contributed by atoms with Crippen molar-refractivity contribution in [1.82, 2.24) is 14.8 Å². The molecule has 4 nitrogen and oxygen atoms in total. The van der Waals surface area contributed by atoms with Gasteiger partial charge in [-0.25, -0.2) is 4.98 Å². The van der Waals surface area contributed by atoms with Crippen LogP contribution in [0, 0.1) is 0 Å². The Hall–Kier alpha value is -0.900. The van der Waals surface area contributed by atoms with Crippen molar-refractivity contribution in [3.63, 3.8) is 0 Å². The fourth-order valence-electron chi connectivity index (χ4n) is 3.59. The zero-order valence-corrected chi connectivity index (χ0v) is 11.3. The molecule has 0 radical (unpaired) electrons. The number of nitrogens with zero attached hydrogens (tertiary/aromatic N) is 3. The molecule has 4 heteroatoms. The van der Waals surface area contributed by atoms with E-state index in [0.717, 1.165) is 12.2 Å². The fourth-order valence-corrected chi connectivity index (χ4v) is 3.59. The summed E-state index contributed by atoms with van der Waals surface area (Å²) in [5, 5.41) is 4.66. The summed E-state index contributed by atoms with van der Waals surface area (Å²) < 4.78 is 2.01. The largest absolute Gasteiger partial charge is 0.328 e. The molecule has 0 bridgehead atoms. The Morgan fingerprint density at radius 2 is 1.78 bits per heavy atom. The average Bonchev–Trinajstić information content (AvgIpc) is 2.97. The lowest BCUT2D eigenvalue weighted by molar-refractivity contribution is 0.374. The molecule has 2 fully saturated rings. The van der Waals surface area contributed by atoms with Crippen LogP contribution in [0.3, 0.4) is 0 Å². The Kier molecular flexibility index (Phi) is 3.37. The van der Waals surface area contributed by atoms with E-state index in [-0.39, 0.29) is 0 Å². The van der Waals surface area contributed by atoms with Gasteiger partial charge >= 0.3 is 0 Å². The van der Waals surface area contributed by atoms with Crippen molar-refractivity contribution in [2.45, 2.75) is 69.2 Å². The van der Waals surface area contributed by atoms with Gasteiger partial charge in [-0.3, -0.25) is 4.68 Å². The number of hydrogen-bond donors (Lipinski definition) is 1. The monoisotopic (exact) mass is 248 g/mol. The Morgan fingerprint density at radius 1 is 1.06 bits per heavy atom. The summed E-state index contributed by atoms with van der Waals surface area (Å²) in [4.78, 5) is 4.85. The SMILES string of the molecule is Cn1nc(C2CCCC2)nc1C1CCCC(N)C1. The van der Waals surface area contributed by atoms with Crippen LogP contribution in [0.15, 0.2) is 0 Å². The van der Waals surface area contributed by atoms with Gasteiger partial charge in [-0.2, -0.15) is 5.10 Å². The van der Waals surface area contributed by atoms with E-state index in [4.69, 9.17) is 10.7 Å². The number of hydrogen-bond acceptors (Lipinski definition) is 3. The smallest absolute Gasteiger partial charge is 0.154 e. The molecule has 2 saturated carbocycles. The number of rotatable bonds is 2. The molecule has 2 atom stereocenters. The lowest BCUT2D eigenvalue weighted by Gasteiger charge is -2.25. The minimum Gasteiger partial charge on any atom is -0.328 e. The van der Waals surface area contributed by atoms with Gasteiger partial charge in [-0.05, 0) is 32.1 Å². The summed E-state index contributed by atoms with van der Waals surface area (Å²) in [5.41, 5.74) is 6.08. The first-order chi connectivity index (χ1) is 8.74. The van der Waals surface area contributed by atoms with Crippen LogP contribution in [0.2, 0.25) is 0 Å². The van der Waals surface area contributed by atoms with Crippen molar-refractivity contribution in [2.75, 3.05) is 0 Å². The number of aromatic nitrogens is 3. The molecule has 18 heavy (non-hydrogen) atoms. The highest BCUT2D eigenvalue weighted by Crippen LogP contribution is 2.35. The normalized spacial score (nSPS) is 29.9. The van der Waals surface area contributed by atoms with Gasteiger partial charge < -0.3 is 5.73 Å². The second-order valence-corrected chi connectivity index (χ2v) is 6.06. The molecular weight excluding hydrogens is 224 g/mol. The molecular formula is C14H24N4. The predicted octanol–water partition coefficient (Wildman–Crippen LogP) is 2.46. The molecule has 2 N–H and O–H groups in total. The second kappa shape index (κ2) is 5.00. The summed E-state index contributed by atoms with van der Waals surface area (Å²) in [6, 6.07) is 0.357. The Bertz CT molecular complexity index is 406. The third-order valence-corrected chi connectivity index (χ3v) is 4.61. The summed E-state index contributed by atoms with van der Waals surface area (Å²) in [6.45, 7) is 0. The van der Waals surface area contributed by atoms with Crippen molar-refractivity contribution in [3.05, 3.63) is 11.6 Å². The Morgan fingerprint density at radius 3 is 2.50 bits per heavy atom. The quantitative estimate of drug-likeness (QED) is 0.874. The third-order valence-electron chi connectivity index (χ3n) is 4.61. The van der Waals surface area contributed by atoms with E-state index in [2.05, 4.69) is 5.10 Å². The molecule has 0 aliphatic heterocycles. The Balaban J connectivity index is 1.79. The first-order valence-corrected chi connectivity index (χ1v) is 7.40. The second-order valence-electron chi connectivity index (χ2n) is 6.06. The molecule has 0 amide bonds. The summed E-state index contributed by atoms with van der Waals surface area (Å²) in [7, 11) is 2.04. The fraction of sp³-hybridized carbons (Fsp3) is 0.857. The van der Waals surface area contributed by atoms with E-state index in [9.17, 15) is 0 Å². The molecule has 1 aromatic rings. The van der Waals surface area contributed by atoms with E-state index in [1.807, 2.05) is 11.7 Å². The van der Waals surface area contributed by atoms with Gasteiger partial charge in [0.25, 0.3) is 0 Å². The predicted molar refractivity (Wildman–Crippen MR) is 71.4 cm³/mol. The van der Waals surface area contributed by atoms with E-state index in [1.54, 1.807) is 0 Å². The summed E-state index contributed by atoms with van der Waals surface area (Å²) >= 11 is 0. The molecule has 2 unspecified atom stereocenters. The zero-order chi connectivity index (χ0) is 12.5. The minimum absolute atomic E-state index is 0.357. The first-order valence-electron chi connectivity index (χ1n) is 7.40. The summed E-state index contributed by atoms with van der Waals surface area (Å²) in [6.07, 6.45) is 9.93. The van der Waals surface area contributed by atoms with Gasteiger partial charge in [-0.15, -0.1) is 0 Å². The molecule has 0 spiro atoms. The zero-order valence-electron chi connectivity index (χ0n) is 11.3. The van der Waals surface area contributed by atoms with Gasteiger partial charge in [0, 0.05) is 24.9 Å². The maximum Gasteiger partial charge on any atom is 0.154 e. The van der Waals surface area contributed by atoms with Crippen molar-refractivity contribution in [3.8, 4) is 0 Å². The van der Waals surface area contributed by atoms with Crippen LogP contribution < -0.4 is 5.73 Å². The van der Waals surface area contributed by atoms with E-state index < -0.39 is 0 Å². The van der Waals surface area contributed by atoms with Gasteiger partial charge in [0.2, 0.25) is 0 Å². The molecule has 2 aliphatic carbocycles. The highest BCUT2D eigenvalue weighted by Gasteiger charge is 2.27. The molecule has 1 aromatic heterocycles. The molecule has 1 heterocycles. The van der Waals surface area contributed by atoms with E-state index in [1.165, 1.54) is 50.8 Å². The number of aryl methyl sites for hydroxylation is 1. The molecule has 3 rings (SSSR count). The summed E-state index contributed by atoms with van der Waals surface area (Å²) in [5.74, 6) is 3.40. The van der Waals surface area contributed by atoms with Crippen LogP contribution in [0.25, 0.3) is 0 Å². The molecule has 2 aliphatic rings. The third kappa shape index (κ3) is 2.30. The molecule has 100 valence electrons. The van der Waals surface area contributed by atoms with Crippen LogP contribution in [0.5, 0.6) is 0 Å².